The zero-order valence-corrected chi connectivity index (χ0v) is 15.3. The van der Waals surface area contributed by atoms with Crippen LogP contribution in [0.4, 0.5) is 0 Å². The second kappa shape index (κ2) is 7.04. The van der Waals surface area contributed by atoms with E-state index in [0.29, 0.717) is 18.6 Å². The van der Waals surface area contributed by atoms with Gasteiger partial charge < -0.3 is 9.64 Å². The highest BCUT2D eigenvalue weighted by Crippen LogP contribution is 2.23. The SMILES string of the molecule is C[C@@H](Oc1ccc2ccccc2c1)C(=O)N(C)C1CCS(=O)(=O)CC1. The van der Waals surface area contributed by atoms with Crippen molar-refractivity contribution in [3.05, 3.63) is 42.5 Å². The summed E-state index contributed by atoms with van der Waals surface area (Å²) in [6, 6.07) is 13.7. The Bertz CT molecular complexity index is 864. The second-order valence-electron chi connectivity index (χ2n) is 6.60. The fourth-order valence-corrected chi connectivity index (χ4v) is 4.69. The number of sulfone groups is 1. The standard InChI is InChI=1S/C19H23NO4S/c1-14(19(21)20(2)17-9-11-25(22,23)12-10-17)24-18-8-7-15-5-3-4-6-16(15)13-18/h3-8,13-14,17H,9-12H2,1-2H3/t14-/m1/s1. The summed E-state index contributed by atoms with van der Waals surface area (Å²) < 4.78 is 28.9. The number of benzene rings is 2. The molecule has 0 N–H and O–H groups in total. The fraction of sp³-hybridized carbons (Fsp3) is 0.421. The van der Waals surface area contributed by atoms with Crippen molar-refractivity contribution in [2.24, 2.45) is 0 Å². The van der Waals surface area contributed by atoms with E-state index < -0.39 is 15.9 Å². The molecule has 0 aliphatic carbocycles. The predicted octanol–water partition coefficient (Wildman–Crippen LogP) is 2.64. The molecule has 1 heterocycles. The van der Waals surface area contributed by atoms with Crippen molar-refractivity contribution in [3.8, 4) is 5.75 Å². The highest BCUT2D eigenvalue weighted by atomic mass is 32.2. The Morgan fingerprint density at radius 3 is 2.44 bits per heavy atom. The highest BCUT2D eigenvalue weighted by molar-refractivity contribution is 7.91. The maximum atomic E-state index is 12.6. The molecule has 0 spiro atoms. The van der Waals surface area contributed by atoms with Crippen LogP contribution < -0.4 is 4.74 Å². The molecule has 6 heteroatoms. The van der Waals surface area contributed by atoms with Crippen LogP contribution in [0.25, 0.3) is 10.8 Å². The molecule has 1 atom stereocenters. The van der Waals surface area contributed by atoms with Crippen LogP contribution in [0, 0.1) is 0 Å². The van der Waals surface area contributed by atoms with E-state index in [2.05, 4.69) is 0 Å². The van der Waals surface area contributed by atoms with Crippen molar-refractivity contribution < 1.29 is 17.9 Å². The summed E-state index contributed by atoms with van der Waals surface area (Å²) in [7, 11) is -1.21. The highest BCUT2D eigenvalue weighted by Gasteiger charge is 2.30. The first kappa shape index (κ1) is 17.7. The molecule has 0 aromatic heterocycles. The molecule has 2 aromatic carbocycles. The molecule has 0 unspecified atom stereocenters. The summed E-state index contributed by atoms with van der Waals surface area (Å²) in [5, 5.41) is 2.18. The van der Waals surface area contributed by atoms with Crippen molar-refractivity contribution in [2.45, 2.75) is 31.9 Å². The number of hydrogen-bond acceptors (Lipinski definition) is 4. The van der Waals surface area contributed by atoms with Crippen LogP contribution in [0.5, 0.6) is 5.75 Å². The fourth-order valence-electron chi connectivity index (χ4n) is 3.23. The molecule has 0 radical (unpaired) electrons. The van der Waals surface area contributed by atoms with Gasteiger partial charge in [0.15, 0.2) is 6.10 Å². The van der Waals surface area contributed by atoms with Gasteiger partial charge >= 0.3 is 0 Å². The van der Waals surface area contributed by atoms with E-state index >= 15 is 0 Å². The van der Waals surface area contributed by atoms with Gasteiger partial charge in [0, 0.05) is 13.1 Å². The second-order valence-corrected chi connectivity index (χ2v) is 8.90. The maximum Gasteiger partial charge on any atom is 0.263 e. The van der Waals surface area contributed by atoms with E-state index in [-0.39, 0.29) is 23.5 Å². The first-order valence-corrected chi connectivity index (χ1v) is 10.3. The topological polar surface area (TPSA) is 63.7 Å². The van der Waals surface area contributed by atoms with Gasteiger partial charge in [0.2, 0.25) is 0 Å². The van der Waals surface area contributed by atoms with Crippen molar-refractivity contribution in [2.75, 3.05) is 18.6 Å². The largest absolute Gasteiger partial charge is 0.481 e. The minimum atomic E-state index is -2.93. The Hall–Kier alpha value is -2.08. The number of nitrogens with zero attached hydrogens (tertiary/aromatic N) is 1. The van der Waals surface area contributed by atoms with E-state index in [1.54, 1.807) is 18.9 Å². The van der Waals surface area contributed by atoms with Crippen molar-refractivity contribution in [1.82, 2.24) is 4.90 Å². The van der Waals surface area contributed by atoms with Gasteiger partial charge in [0.05, 0.1) is 11.5 Å². The lowest BCUT2D eigenvalue weighted by molar-refractivity contribution is -0.138. The van der Waals surface area contributed by atoms with Gasteiger partial charge in [0.25, 0.3) is 5.91 Å². The number of rotatable bonds is 4. The van der Waals surface area contributed by atoms with Crippen molar-refractivity contribution >= 4 is 26.5 Å². The summed E-state index contributed by atoms with van der Waals surface area (Å²) in [5.41, 5.74) is 0. The Morgan fingerprint density at radius 1 is 1.12 bits per heavy atom. The van der Waals surface area contributed by atoms with Crippen LogP contribution in [-0.4, -0.2) is 49.9 Å². The van der Waals surface area contributed by atoms with Gasteiger partial charge in [-0.05, 0) is 42.7 Å². The summed E-state index contributed by atoms with van der Waals surface area (Å²) in [6.07, 6.45) is 0.366. The van der Waals surface area contributed by atoms with Gasteiger partial charge in [-0.25, -0.2) is 8.42 Å². The number of carbonyl (C=O) groups is 1. The summed E-state index contributed by atoms with van der Waals surface area (Å²) in [5.74, 6) is 0.821. The Balaban J connectivity index is 1.65. The maximum absolute atomic E-state index is 12.6. The minimum absolute atomic E-state index is 0.0429. The molecule has 2 aromatic rings. The van der Waals surface area contributed by atoms with Gasteiger partial charge in [-0.2, -0.15) is 0 Å². The summed E-state index contributed by atoms with van der Waals surface area (Å²) in [4.78, 5) is 14.3. The third-order valence-electron chi connectivity index (χ3n) is 4.80. The number of fused-ring (bicyclic) bond motifs is 1. The average molecular weight is 361 g/mol. The lowest BCUT2D eigenvalue weighted by Crippen LogP contribution is -2.47. The Morgan fingerprint density at radius 2 is 1.76 bits per heavy atom. The molecule has 1 aliphatic heterocycles. The molecular formula is C19H23NO4S. The third kappa shape index (κ3) is 4.12. The van der Waals surface area contributed by atoms with Crippen LogP contribution in [0.3, 0.4) is 0 Å². The monoisotopic (exact) mass is 361 g/mol. The molecule has 3 rings (SSSR count). The quantitative estimate of drug-likeness (QED) is 0.840. The molecule has 5 nitrogen and oxygen atoms in total. The number of likely N-dealkylation sites (N-methyl/N-ethyl adjacent to an activating group) is 1. The van der Waals surface area contributed by atoms with Crippen LogP contribution in [-0.2, 0) is 14.6 Å². The molecule has 1 saturated heterocycles. The van der Waals surface area contributed by atoms with Gasteiger partial charge in [-0.15, -0.1) is 0 Å². The summed E-state index contributed by atoms with van der Waals surface area (Å²) in [6.45, 7) is 1.73. The molecule has 0 bridgehead atoms. The van der Waals surface area contributed by atoms with E-state index in [0.717, 1.165) is 10.8 Å². The normalized spacial score (nSPS) is 18.6. The molecule has 0 saturated carbocycles. The van der Waals surface area contributed by atoms with Crippen molar-refractivity contribution in [1.29, 1.82) is 0 Å². The number of hydrogen-bond donors (Lipinski definition) is 0. The molecular weight excluding hydrogens is 338 g/mol. The van der Waals surface area contributed by atoms with E-state index in [9.17, 15) is 13.2 Å². The Kier molecular flexibility index (Phi) is 4.99. The lowest BCUT2D eigenvalue weighted by Gasteiger charge is -2.32. The van der Waals surface area contributed by atoms with E-state index in [1.165, 1.54) is 0 Å². The first-order chi connectivity index (χ1) is 11.9. The minimum Gasteiger partial charge on any atom is -0.481 e. The molecule has 134 valence electrons. The first-order valence-electron chi connectivity index (χ1n) is 8.48. The molecule has 1 fully saturated rings. The van der Waals surface area contributed by atoms with Crippen LogP contribution in [0.1, 0.15) is 19.8 Å². The Labute approximate surface area is 148 Å². The third-order valence-corrected chi connectivity index (χ3v) is 6.52. The smallest absolute Gasteiger partial charge is 0.263 e. The zero-order chi connectivity index (χ0) is 18.0. The molecule has 25 heavy (non-hydrogen) atoms. The number of carbonyl (C=O) groups excluding carboxylic acids is 1. The van der Waals surface area contributed by atoms with E-state index in [4.69, 9.17) is 4.74 Å². The van der Waals surface area contributed by atoms with Crippen LogP contribution in [0.15, 0.2) is 42.5 Å². The number of ether oxygens (including phenoxy) is 1. The van der Waals surface area contributed by atoms with Crippen LogP contribution in [0.2, 0.25) is 0 Å². The lowest BCUT2D eigenvalue weighted by atomic mass is 10.1. The zero-order valence-electron chi connectivity index (χ0n) is 14.5. The van der Waals surface area contributed by atoms with Gasteiger partial charge in [-0.3, -0.25) is 4.79 Å². The van der Waals surface area contributed by atoms with Gasteiger partial charge in [0.1, 0.15) is 15.6 Å². The predicted molar refractivity (Wildman–Crippen MR) is 98.5 cm³/mol. The van der Waals surface area contributed by atoms with Crippen molar-refractivity contribution in [3.63, 3.8) is 0 Å². The summed E-state index contributed by atoms with van der Waals surface area (Å²) >= 11 is 0. The van der Waals surface area contributed by atoms with Crippen LogP contribution >= 0.6 is 0 Å². The molecule has 1 aliphatic rings. The number of amides is 1. The average Bonchev–Trinajstić information content (AvgIpc) is 2.60. The van der Waals surface area contributed by atoms with E-state index in [1.807, 2.05) is 42.5 Å². The van der Waals surface area contributed by atoms with Gasteiger partial charge in [-0.1, -0.05) is 30.3 Å². The molecule has 1 amide bonds.